The number of nitrogens with one attached hydrogen (secondary N) is 1. The summed E-state index contributed by atoms with van der Waals surface area (Å²) in [6.45, 7) is 22.5. The highest BCUT2D eigenvalue weighted by atomic mass is 35.5. The first-order chi connectivity index (χ1) is 48.8. The number of fused-ring (bicyclic) bond motifs is 4. The number of hydroxylamine groups is 2. The van der Waals surface area contributed by atoms with Crippen LogP contribution >= 0.6 is 24.8 Å². The second-order valence-electron chi connectivity index (χ2n) is 25.0. The Balaban J connectivity index is 0.000000165. The number of Topliss-reactive ketones (excluding diaryl/α,β-unsaturated/α-hetero) is 1. The standard InChI is InChI=1S/C26H33N3.C18H16N2O2.C17H13NO.C16H11NO2.C9H20N2.2ClH/c1-4-28(5-2)22-15-17-29(18-16-22)20(3)24-19-26(21-11-7-6-8-12-21)27-25-14-10-9-13-23(24)25;1-20(22-2)18(21)15-12-17(13-8-4-3-5-9-13)19-16-11-7-6-10-14(15)16;1-12(19)15-11-17(13-7-3-2-4-8-13)18-16-10-6-5-9-14(15)16;18-16(19)13-10-15(11-6-2-1-3-7-11)17-14-9-5-4-8-12(13)14;1-3-11(4-2)9-5-7-10-8-6-9;;/h6-14,19-20,22H,4-5,15-18H2,1-3H3;3-12H,1-2H3;2-11H,1H3;1-10H,(H,18,19);9-10H,3-8H2,1-2H3;2*1H. The zero-order valence-corrected chi connectivity index (χ0v) is 61.4. The molecule has 1 unspecified atom stereocenters. The van der Waals surface area contributed by atoms with Gasteiger partial charge in [-0.1, -0.05) is 222 Å². The van der Waals surface area contributed by atoms with E-state index >= 15 is 0 Å². The van der Waals surface area contributed by atoms with E-state index in [1.54, 1.807) is 26.1 Å². The molecule has 14 rings (SSSR count). The largest absolute Gasteiger partial charge is 0.478 e. The molecule has 1 amide bonds. The fourth-order valence-corrected chi connectivity index (χ4v) is 13.5. The lowest BCUT2D eigenvalue weighted by Crippen LogP contribution is -2.45. The third-order valence-electron chi connectivity index (χ3n) is 19.0. The van der Waals surface area contributed by atoms with Crippen LogP contribution in [0.2, 0.25) is 0 Å². The normalized spacial score (nSPS) is 13.4. The van der Waals surface area contributed by atoms with Crippen LogP contribution < -0.4 is 5.32 Å². The van der Waals surface area contributed by atoms with Crippen molar-refractivity contribution in [1.29, 1.82) is 0 Å². The van der Waals surface area contributed by atoms with Crippen molar-refractivity contribution in [3.8, 4) is 45.0 Å². The van der Waals surface area contributed by atoms with Crippen LogP contribution in [0.25, 0.3) is 88.6 Å². The smallest absolute Gasteiger partial charge is 0.336 e. The number of carboxylic acids is 1. The number of ketones is 1. The van der Waals surface area contributed by atoms with Crippen LogP contribution in [-0.4, -0.2) is 141 Å². The number of hydrogen-bond acceptors (Lipinski definition) is 12. The number of pyridine rings is 4. The topological polar surface area (TPSA) is 157 Å². The van der Waals surface area contributed by atoms with Crippen LogP contribution in [-0.2, 0) is 4.84 Å². The van der Waals surface area contributed by atoms with Crippen molar-refractivity contribution >= 4 is 86.1 Å². The summed E-state index contributed by atoms with van der Waals surface area (Å²) < 4.78 is 0. The number of carboxylic acid groups (broad SMARTS) is 1. The summed E-state index contributed by atoms with van der Waals surface area (Å²) in [6, 6.07) is 80.7. The van der Waals surface area contributed by atoms with Gasteiger partial charge in [0.15, 0.2) is 5.78 Å². The molecule has 0 radical (unpaired) electrons. The minimum atomic E-state index is -0.934. The summed E-state index contributed by atoms with van der Waals surface area (Å²) in [7, 11) is 3.07. The van der Waals surface area contributed by atoms with Gasteiger partial charge in [-0.05, 0) is 133 Å². The highest BCUT2D eigenvalue weighted by Crippen LogP contribution is 2.35. The van der Waals surface area contributed by atoms with Gasteiger partial charge in [-0.3, -0.25) is 19.3 Å². The molecular formula is C86H95Cl2N9O5. The fourth-order valence-electron chi connectivity index (χ4n) is 13.5. The van der Waals surface area contributed by atoms with Gasteiger partial charge in [0.1, 0.15) is 0 Å². The molecule has 0 aliphatic carbocycles. The number of aromatic nitrogens is 4. The molecule has 2 aliphatic rings. The molecule has 102 heavy (non-hydrogen) atoms. The van der Waals surface area contributed by atoms with Gasteiger partial charge in [0.2, 0.25) is 0 Å². The van der Waals surface area contributed by atoms with E-state index in [0.29, 0.717) is 28.2 Å². The first-order valence-corrected chi connectivity index (χ1v) is 35.1. The SMILES string of the molecule is CC(=O)c1cc(-c2ccccc2)nc2ccccc12.CCN(CC)C1CCN(C(C)c2cc(-c3ccccc3)nc3ccccc23)CC1.CCN(CC)C1CCNCC1.CON(C)C(=O)c1cc(-c2ccccc2)nc2ccccc12.Cl.Cl.O=C(O)c1cc(-c2ccccc2)nc2ccccc12. The quantitative estimate of drug-likeness (QED) is 0.0696. The maximum Gasteiger partial charge on any atom is 0.336 e. The molecule has 8 aromatic carbocycles. The summed E-state index contributed by atoms with van der Waals surface area (Å²) in [5.74, 6) is -1.06. The molecule has 2 N–H and O–H groups in total. The van der Waals surface area contributed by atoms with Crippen molar-refractivity contribution < 1.29 is 24.3 Å². The van der Waals surface area contributed by atoms with Crippen molar-refractivity contribution in [2.75, 3.05) is 66.5 Å². The Bertz CT molecular complexity index is 4500. The molecule has 16 heteroatoms. The Kier molecular flexibility index (Phi) is 29.9. The second-order valence-corrected chi connectivity index (χ2v) is 25.0. The molecule has 0 bridgehead atoms. The molecule has 2 aliphatic heterocycles. The Morgan fingerprint density at radius 2 is 0.775 bits per heavy atom. The van der Waals surface area contributed by atoms with E-state index in [0.717, 1.165) is 91.8 Å². The molecule has 14 nitrogen and oxygen atoms in total. The van der Waals surface area contributed by atoms with Crippen LogP contribution in [0.1, 0.15) is 110 Å². The highest BCUT2D eigenvalue weighted by molar-refractivity contribution is 6.08. The molecule has 12 aromatic rings. The maximum absolute atomic E-state index is 12.5. The van der Waals surface area contributed by atoms with Gasteiger partial charge in [0, 0.05) is 87.6 Å². The summed E-state index contributed by atoms with van der Waals surface area (Å²) in [5.41, 5.74) is 13.9. The number of carbonyl (C=O) groups excluding carboxylic acids is 2. The predicted octanol–water partition coefficient (Wildman–Crippen LogP) is 18.9. The first-order valence-electron chi connectivity index (χ1n) is 35.1. The lowest BCUT2D eigenvalue weighted by molar-refractivity contribution is -0.0755. The third-order valence-corrected chi connectivity index (χ3v) is 19.0. The lowest BCUT2D eigenvalue weighted by Gasteiger charge is -2.40. The highest BCUT2D eigenvalue weighted by Gasteiger charge is 2.28. The van der Waals surface area contributed by atoms with E-state index in [2.05, 4.69) is 130 Å². The van der Waals surface area contributed by atoms with E-state index in [1.807, 2.05) is 170 Å². The number of carbonyl (C=O) groups is 3. The van der Waals surface area contributed by atoms with Gasteiger partial charge < -0.3 is 20.2 Å². The molecular weight excluding hydrogens is 1310 g/mol. The zero-order chi connectivity index (χ0) is 70.3. The van der Waals surface area contributed by atoms with Gasteiger partial charge in [0.25, 0.3) is 5.91 Å². The predicted molar refractivity (Wildman–Crippen MR) is 424 cm³/mol. The molecule has 4 aromatic heterocycles. The molecule has 2 fully saturated rings. The average Bonchev–Trinajstić information content (AvgIpc) is 0.818. The van der Waals surface area contributed by atoms with Crippen molar-refractivity contribution in [2.45, 2.75) is 85.4 Å². The second kappa shape index (κ2) is 39.0. The number of halogens is 2. The Hall–Kier alpha value is -9.61. The van der Waals surface area contributed by atoms with Gasteiger partial charge in [0.05, 0.1) is 63.1 Å². The molecule has 0 spiro atoms. The summed E-state index contributed by atoms with van der Waals surface area (Å²) in [5, 5.41) is 17.6. The van der Waals surface area contributed by atoms with Gasteiger partial charge in [-0.2, -0.15) is 0 Å². The molecule has 6 heterocycles. The van der Waals surface area contributed by atoms with E-state index in [9.17, 15) is 19.5 Å². The summed E-state index contributed by atoms with van der Waals surface area (Å²) in [6.07, 6.45) is 5.20. The Morgan fingerprint density at radius 1 is 0.461 bits per heavy atom. The number of nitrogens with zero attached hydrogens (tertiary/aromatic N) is 8. The molecule has 0 saturated carbocycles. The van der Waals surface area contributed by atoms with Crippen LogP contribution in [0.5, 0.6) is 0 Å². The van der Waals surface area contributed by atoms with Crippen LogP contribution in [0.15, 0.2) is 243 Å². The van der Waals surface area contributed by atoms with E-state index in [4.69, 9.17) is 9.82 Å². The molecule has 528 valence electrons. The lowest BCUT2D eigenvalue weighted by atomic mass is 9.95. The van der Waals surface area contributed by atoms with Crippen molar-refractivity contribution in [3.63, 3.8) is 0 Å². The van der Waals surface area contributed by atoms with E-state index in [-0.39, 0.29) is 42.1 Å². The number of likely N-dealkylation sites (tertiary alicyclic amines) is 1. The number of para-hydroxylation sites is 4. The number of aromatic carboxylic acids is 1. The maximum atomic E-state index is 12.5. The summed E-state index contributed by atoms with van der Waals surface area (Å²) >= 11 is 0. The molecule has 2 saturated heterocycles. The van der Waals surface area contributed by atoms with Crippen molar-refractivity contribution in [3.05, 3.63) is 265 Å². The van der Waals surface area contributed by atoms with E-state index in [1.165, 1.54) is 93.6 Å². The molecule has 1 atom stereocenters. The number of benzene rings is 8. The first kappa shape index (κ1) is 78.1. The Morgan fingerprint density at radius 3 is 1.15 bits per heavy atom. The minimum Gasteiger partial charge on any atom is -0.478 e. The number of rotatable bonds is 16. The number of piperidine rings is 2. The van der Waals surface area contributed by atoms with Gasteiger partial charge in [-0.25, -0.2) is 29.8 Å². The minimum absolute atomic E-state index is 0. The van der Waals surface area contributed by atoms with Gasteiger partial charge in [-0.15, -0.1) is 24.8 Å². The average molecular weight is 1410 g/mol. The van der Waals surface area contributed by atoms with E-state index < -0.39 is 5.97 Å². The Labute approximate surface area is 613 Å². The fraction of sp³-hybridized carbons (Fsp3) is 0.267. The zero-order valence-electron chi connectivity index (χ0n) is 59.8. The van der Waals surface area contributed by atoms with Crippen LogP contribution in [0, 0.1) is 0 Å². The van der Waals surface area contributed by atoms with Crippen molar-refractivity contribution in [2.24, 2.45) is 0 Å². The van der Waals surface area contributed by atoms with Crippen LogP contribution in [0.4, 0.5) is 0 Å². The third kappa shape index (κ3) is 19.9. The van der Waals surface area contributed by atoms with Crippen LogP contribution in [0.3, 0.4) is 0 Å². The number of hydrogen-bond donors (Lipinski definition) is 2. The summed E-state index contributed by atoms with van der Waals surface area (Å²) in [4.78, 5) is 67.4. The van der Waals surface area contributed by atoms with Gasteiger partial charge >= 0.3 is 5.97 Å². The monoisotopic (exact) mass is 1400 g/mol. The van der Waals surface area contributed by atoms with Crippen molar-refractivity contribution in [1.82, 2.24) is 45.0 Å². The number of amides is 1.